The van der Waals surface area contributed by atoms with Gasteiger partial charge in [-0.15, -0.1) is 0 Å². The number of carbonyl (C=O) groups excluding carboxylic acids is 1. The number of halogens is 2. The second-order valence-corrected chi connectivity index (χ2v) is 9.22. The summed E-state index contributed by atoms with van der Waals surface area (Å²) >= 11 is 12.2. The molecule has 2 aromatic carbocycles. The smallest absolute Gasteiger partial charge is 0.338 e. The lowest BCUT2D eigenvalue weighted by molar-refractivity contribution is -0.0180. The summed E-state index contributed by atoms with van der Waals surface area (Å²) in [5.74, 6) is -0.122. The molecule has 0 fully saturated rings. The van der Waals surface area contributed by atoms with E-state index in [1.165, 1.54) is 22.5 Å². The molecule has 0 bridgehead atoms. The molecular weight excluding hydrogens is 453 g/mol. The fraction of sp³-hybridized carbons (Fsp3) is 0.350. The number of ether oxygens (including phenoxy) is 3. The summed E-state index contributed by atoms with van der Waals surface area (Å²) in [5, 5.41) is 0.503. The van der Waals surface area contributed by atoms with E-state index in [0.29, 0.717) is 22.9 Å². The summed E-state index contributed by atoms with van der Waals surface area (Å²) in [6.45, 7) is 4.38. The van der Waals surface area contributed by atoms with E-state index in [2.05, 4.69) is 0 Å². The number of rotatable bonds is 7. The third kappa shape index (κ3) is 4.73. The van der Waals surface area contributed by atoms with Crippen molar-refractivity contribution in [1.29, 1.82) is 0 Å². The Morgan fingerprint density at radius 2 is 1.90 bits per heavy atom. The molecule has 3 rings (SSSR count). The lowest BCUT2D eigenvalue weighted by atomic mass is 10.1. The van der Waals surface area contributed by atoms with Crippen LogP contribution in [0.2, 0.25) is 10.0 Å². The third-order valence-electron chi connectivity index (χ3n) is 4.60. The maximum atomic E-state index is 12.8. The SMILES string of the molecule is CCN(CC)S(=O)(=O)c1cc(C(=O)OCc2cc(Cl)cc3c2OCOC3)ccc1Cl. The minimum absolute atomic E-state index is 0.0377. The molecule has 0 aliphatic carbocycles. The van der Waals surface area contributed by atoms with Crippen LogP contribution in [-0.2, 0) is 32.7 Å². The average molecular weight is 474 g/mol. The molecule has 0 atom stereocenters. The first kappa shape index (κ1) is 22.8. The van der Waals surface area contributed by atoms with Crippen LogP contribution in [0.3, 0.4) is 0 Å². The molecular formula is C20H21Cl2NO6S. The molecule has 0 N–H and O–H groups in total. The zero-order valence-electron chi connectivity index (χ0n) is 16.5. The van der Waals surface area contributed by atoms with Crippen molar-refractivity contribution in [3.05, 3.63) is 57.1 Å². The minimum Gasteiger partial charge on any atom is -0.467 e. The second-order valence-electron chi connectivity index (χ2n) is 6.47. The summed E-state index contributed by atoms with van der Waals surface area (Å²) in [4.78, 5) is 12.5. The van der Waals surface area contributed by atoms with Gasteiger partial charge in [0.2, 0.25) is 10.0 Å². The first-order chi connectivity index (χ1) is 14.3. The molecule has 30 heavy (non-hydrogen) atoms. The number of nitrogens with zero attached hydrogens (tertiary/aromatic N) is 1. The number of carbonyl (C=O) groups is 1. The van der Waals surface area contributed by atoms with E-state index in [9.17, 15) is 13.2 Å². The molecule has 10 heteroatoms. The summed E-state index contributed by atoms with van der Waals surface area (Å²) in [6.07, 6.45) is 0. The van der Waals surface area contributed by atoms with Gasteiger partial charge in [0.05, 0.1) is 17.2 Å². The van der Waals surface area contributed by atoms with Gasteiger partial charge in [0.1, 0.15) is 17.3 Å². The van der Waals surface area contributed by atoms with Gasteiger partial charge in [0.15, 0.2) is 6.79 Å². The molecule has 1 aliphatic heterocycles. The van der Waals surface area contributed by atoms with E-state index >= 15 is 0 Å². The number of benzene rings is 2. The predicted molar refractivity (Wildman–Crippen MR) is 112 cm³/mol. The van der Waals surface area contributed by atoms with E-state index < -0.39 is 16.0 Å². The van der Waals surface area contributed by atoms with Crippen LogP contribution in [0.1, 0.15) is 35.3 Å². The van der Waals surface area contributed by atoms with Gasteiger partial charge < -0.3 is 14.2 Å². The Morgan fingerprint density at radius 3 is 2.60 bits per heavy atom. The summed E-state index contributed by atoms with van der Waals surface area (Å²) in [7, 11) is -3.83. The molecule has 0 radical (unpaired) electrons. The van der Waals surface area contributed by atoms with Crippen LogP contribution in [0.4, 0.5) is 0 Å². The van der Waals surface area contributed by atoms with Crippen LogP contribution in [0.15, 0.2) is 35.2 Å². The van der Waals surface area contributed by atoms with E-state index in [0.717, 1.165) is 5.56 Å². The Bertz CT molecular complexity index is 1050. The number of hydrogen-bond donors (Lipinski definition) is 0. The molecule has 0 saturated carbocycles. The highest BCUT2D eigenvalue weighted by Gasteiger charge is 2.26. The Labute approximate surface area is 185 Å². The van der Waals surface area contributed by atoms with Crippen molar-refractivity contribution in [3.8, 4) is 5.75 Å². The van der Waals surface area contributed by atoms with Crippen molar-refractivity contribution in [2.24, 2.45) is 0 Å². The van der Waals surface area contributed by atoms with Crippen LogP contribution < -0.4 is 4.74 Å². The van der Waals surface area contributed by atoms with Gasteiger partial charge in [0.25, 0.3) is 0 Å². The van der Waals surface area contributed by atoms with Crippen molar-refractivity contribution < 1.29 is 27.4 Å². The summed E-state index contributed by atoms with van der Waals surface area (Å²) < 4.78 is 43.0. The van der Waals surface area contributed by atoms with Crippen molar-refractivity contribution in [2.45, 2.75) is 32.0 Å². The van der Waals surface area contributed by atoms with Crippen LogP contribution in [0.25, 0.3) is 0 Å². The fourth-order valence-electron chi connectivity index (χ4n) is 3.12. The van der Waals surface area contributed by atoms with Crippen LogP contribution in [-0.4, -0.2) is 38.6 Å². The molecule has 1 heterocycles. The molecule has 0 aromatic heterocycles. The highest BCUT2D eigenvalue weighted by Crippen LogP contribution is 2.32. The van der Waals surface area contributed by atoms with Gasteiger partial charge in [-0.3, -0.25) is 0 Å². The van der Waals surface area contributed by atoms with Gasteiger partial charge >= 0.3 is 5.97 Å². The lowest BCUT2D eigenvalue weighted by Gasteiger charge is -2.21. The van der Waals surface area contributed by atoms with E-state index in [1.807, 2.05) is 0 Å². The van der Waals surface area contributed by atoms with Gasteiger partial charge in [-0.05, 0) is 30.3 Å². The molecule has 1 aliphatic rings. The highest BCUT2D eigenvalue weighted by atomic mass is 35.5. The predicted octanol–water partition coefficient (Wildman–Crippen LogP) is 4.25. The topological polar surface area (TPSA) is 82.1 Å². The third-order valence-corrected chi connectivity index (χ3v) is 7.35. The fourth-order valence-corrected chi connectivity index (χ4v) is 5.34. The van der Waals surface area contributed by atoms with Crippen LogP contribution in [0.5, 0.6) is 5.75 Å². The monoisotopic (exact) mass is 473 g/mol. The van der Waals surface area contributed by atoms with Gasteiger partial charge in [0, 0.05) is 29.2 Å². The maximum absolute atomic E-state index is 12.8. The molecule has 0 spiro atoms. The molecule has 0 saturated heterocycles. The number of esters is 1. The number of sulfonamides is 1. The van der Waals surface area contributed by atoms with E-state index in [4.69, 9.17) is 37.4 Å². The quantitative estimate of drug-likeness (QED) is 0.559. The van der Waals surface area contributed by atoms with Crippen molar-refractivity contribution in [1.82, 2.24) is 4.31 Å². The minimum atomic E-state index is -3.83. The first-order valence-corrected chi connectivity index (χ1v) is 11.5. The number of fused-ring (bicyclic) bond motifs is 1. The molecule has 0 unspecified atom stereocenters. The summed E-state index contributed by atoms with van der Waals surface area (Å²) in [6, 6.07) is 7.40. The largest absolute Gasteiger partial charge is 0.467 e. The first-order valence-electron chi connectivity index (χ1n) is 9.26. The van der Waals surface area contributed by atoms with Crippen molar-refractivity contribution in [3.63, 3.8) is 0 Å². The Balaban J connectivity index is 1.83. The second kappa shape index (κ2) is 9.53. The normalized spacial score (nSPS) is 13.6. The number of hydrogen-bond acceptors (Lipinski definition) is 6. The Morgan fingerprint density at radius 1 is 1.17 bits per heavy atom. The van der Waals surface area contributed by atoms with Gasteiger partial charge in [-0.25, -0.2) is 13.2 Å². The molecule has 0 amide bonds. The van der Waals surface area contributed by atoms with Crippen LogP contribution >= 0.6 is 23.2 Å². The highest BCUT2D eigenvalue weighted by molar-refractivity contribution is 7.89. The van der Waals surface area contributed by atoms with Crippen molar-refractivity contribution in [2.75, 3.05) is 19.9 Å². The molecule has 2 aromatic rings. The lowest BCUT2D eigenvalue weighted by Crippen LogP contribution is -2.31. The van der Waals surface area contributed by atoms with Crippen LogP contribution in [0, 0.1) is 0 Å². The van der Waals surface area contributed by atoms with Gasteiger partial charge in [-0.2, -0.15) is 4.31 Å². The van der Waals surface area contributed by atoms with E-state index in [1.54, 1.807) is 26.0 Å². The van der Waals surface area contributed by atoms with Crippen molar-refractivity contribution >= 4 is 39.2 Å². The Kier molecular flexibility index (Phi) is 7.26. The average Bonchev–Trinajstić information content (AvgIpc) is 2.72. The maximum Gasteiger partial charge on any atom is 0.338 e. The molecule has 162 valence electrons. The zero-order valence-corrected chi connectivity index (χ0v) is 18.8. The van der Waals surface area contributed by atoms with Gasteiger partial charge in [-0.1, -0.05) is 37.0 Å². The Hall–Kier alpha value is -1.84. The molecule has 7 nitrogen and oxygen atoms in total. The van der Waals surface area contributed by atoms with E-state index in [-0.39, 0.29) is 42.0 Å². The zero-order chi connectivity index (χ0) is 21.9. The summed E-state index contributed by atoms with van der Waals surface area (Å²) in [5.41, 5.74) is 1.43. The standard InChI is InChI=1S/C20H21Cl2NO6S/c1-3-23(4-2)30(25,26)18-9-13(5-6-17(18)22)20(24)28-11-15-8-16(21)7-14-10-27-12-29-19(14)15/h5-9H,3-4,10-12H2,1-2H3.